The summed E-state index contributed by atoms with van der Waals surface area (Å²) in [4.78, 5) is 14.4. The molecule has 0 bridgehead atoms. The number of hydrogen-bond acceptors (Lipinski definition) is 3. The SMILES string of the molecule is CC#CCCC(=O)C(C)(C)N1CCNCC1. The number of nitrogens with one attached hydrogen (secondary N) is 1. The summed E-state index contributed by atoms with van der Waals surface area (Å²) < 4.78 is 0. The number of carbonyl (C=O) groups excluding carboxylic acids is 1. The lowest BCUT2D eigenvalue weighted by molar-refractivity contribution is -0.129. The van der Waals surface area contributed by atoms with Crippen LogP contribution in [0.4, 0.5) is 0 Å². The quantitative estimate of drug-likeness (QED) is 0.721. The van der Waals surface area contributed by atoms with E-state index in [1.165, 1.54) is 0 Å². The fourth-order valence-corrected chi connectivity index (χ4v) is 2.01. The molecule has 1 fully saturated rings. The Balaban J connectivity index is 2.52. The molecule has 0 aromatic carbocycles. The minimum atomic E-state index is -0.336. The highest BCUT2D eigenvalue weighted by Crippen LogP contribution is 2.18. The lowest BCUT2D eigenvalue weighted by Crippen LogP contribution is -2.57. The van der Waals surface area contributed by atoms with Gasteiger partial charge in [-0.1, -0.05) is 0 Å². The van der Waals surface area contributed by atoms with Gasteiger partial charge in [0, 0.05) is 39.0 Å². The summed E-state index contributed by atoms with van der Waals surface area (Å²) in [5.74, 6) is 6.08. The molecule has 3 nitrogen and oxygen atoms in total. The molecule has 1 rings (SSSR count). The summed E-state index contributed by atoms with van der Waals surface area (Å²) in [6, 6.07) is 0. The Hall–Kier alpha value is -0.850. The van der Waals surface area contributed by atoms with E-state index in [0.717, 1.165) is 26.2 Å². The van der Waals surface area contributed by atoms with Crippen molar-refractivity contribution in [3.63, 3.8) is 0 Å². The number of ketones is 1. The number of hydrogen-bond donors (Lipinski definition) is 1. The molecular formula is C13H22N2O. The standard InChI is InChI=1S/C13H22N2O/c1-4-5-6-7-12(16)13(2,3)15-10-8-14-9-11-15/h14H,6-11H2,1-3H3. The van der Waals surface area contributed by atoms with Crippen LogP contribution in [-0.4, -0.2) is 42.4 Å². The van der Waals surface area contributed by atoms with Gasteiger partial charge < -0.3 is 5.32 Å². The number of piperazine rings is 1. The maximum Gasteiger partial charge on any atom is 0.153 e. The molecule has 0 saturated carbocycles. The second-order valence-corrected chi connectivity index (χ2v) is 4.65. The van der Waals surface area contributed by atoms with E-state index in [1.807, 2.05) is 20.8 Å². The van der Waals surface area contributed by atoms with Crippen LogP contribution in [0.2, 0.25) is 0 Å². The highest BCUT2D eigenvalue weighted by molar-refractivity contribution is 5.87. The van der Waals surface area contributed by atoms with Crippen LogP contribution >= 0.6 is 0 Å². The van der Waals surface area contributed by atoms with E-state index in [4.69, 9.17) is 0 Å². The molecule has 1 aliphatic heterocycles. The van der Waals surface area contributed by atoms with E-state index >= 15 is 0 Å². The fourth-order valence-electron chi connectivity index (χ4n) is 2.01. The molecule has 0 spiro atoms. The van der Waals surface area contributed by atoms with Crippen LogP contribution < -0.4 is 5.32 Å². The van der Waals surface area contributed by atoms with Gasteiger partial charge in [-0.05, 0) is 20.8 Å². The molecule has 1 heterocycles. The Morgan fingerprint density at radius 3 is 2.56 bits per heavy atom. The molecule has 0 radical (unpaired) electrons. The number of rotatable bonds is 4. The van der Waals surface area contributed by atoms with Crippen LogP contribution in [0.1, 0.15) is 33.6 Å². The first-order valence-corrected chi connectivity index (χ1v) is 5.97. The Bertz CT molecular complexity index is 293. The van der Waals surface area contributed by atoms with Crippen molar-refractivity contribution in [3.8, 4) is 11.8 Å². The lowest BCUT2D eigenvalue weighted by atomic mass is 9.92. The summed E-state index contributed by atoms with van der Waals surface area (Å²) in [5, 5.41) is 3.30. The van der Waals surface area contributed by atoms with E-state index in [1.54, 1.807) is 0 Å². The van der Waals surface area contributed by atoms with E-state index < -0.39 is 0 Å². The molecule has 0 aromatic rings. The van der Waals surface area contributed by atoms with Crippen molar-refractivity contribution in [3.05, 3.63) is 0 Å². The zero-order valence-corrected chi connectivity index (χ0v) is 10.6. The Kier molecular flexibility index (Phi) is 4.98. The first kappa shape index (κ1) is 13.2. The molecule has 0 amide bonds. The molecule has 16 heavy (non-hydrogen) atoms. The van der Waals surface area contributed by atoms with Crippen molar-refractivity contribution >= 4 is 5.78 Å². The lowest BCUT2D eigenvalue weighted by Gasteiger charge is -2.40. The first-order valence-electron chi connectivity index (χ1n) is 5.97. The molecule has 90 valence electrons. The predicted octanol–water partition coefficient (Wildman–Crippen LogP) is 1.04. The van der Waals surface area contributed by atoms with Gasteiger partial charge in [-0.15, -0.1) is 11.8 Å². The van der Waals surface area contributed by atoms with Crippen LogP contribution in [0.5, 0.6) is 0 Å². The highest BCUT2D eigenvalue weighted by atomic mass is 16.1. The van der Waals surface area contributed by atoms with Crippen molar-refractivity contribution in [2.45, 2.75) is 39.2 Å². The highest BCUT2D eigenvalue weighted by Gasteiger charge is 2.33. The molecule has 1 saturated heterocycles. The number of nitrogens with zero attached hydrogens (tertiary/aromatic N) is 1. The molecule has 0 unspecified atom stereocenters. The maximum atomic E-state index is 12.1. The monoisotopic (exact) mass is 222 g/mol. The molecule has 0 aromatic heterocycles. The average Bonchev–Trinajstić information content (AvgIpc) is 2.30. The number of carbonyl (C=O) groups is 1. The van der Waals surface area contributed by atoms with Gasteiger partial charge in [0.1, 0.15) is 0 Å². The molecule has 3 heteroatoms. The zero-order valence-electron chi connectivity index (χ0n) is 10.6. The van der Waals surface area contributed by atoms with Crippen molar-refractivity contribution in [1.29, 1.82) is 0 Å². The van der Waals surface area contributed by atoms with Gasteiger partial charge in [0.05, 0.1) is 5.54 Å². The van der Waals surface area contributed by atoms with Crippen molar-refractivity contribution in [2.75, 3.05) is 26.2 Å². The van der Waals surface area contributed by atoms with E-state index in [9.17, 15) is 4.79 Å². The van der Waals surface area contributed by atoms with Crippen LogP contribution in [-0.2, 0) is 4.79 Å². The molecular weight excluding hydrogens is 200 g/mol. The fraction of sp³-hybridized carbons (Fsp3) is 0.769. The predicted molar refractivity (Wildman–Crippen MR) is 66.2 cm³/mol. The minimum absolute atomic E-state index is 0.303. The van der Waals surface area contributed by atoms with E-state index in [2.05, 4.69) is 22.1 Å². The summed E-state index contributed by atoms with van der Waals surface area (Å²) in [6.45, 7) is 9.74. The topological polar surface area (TPSA) is 32.3 Å². The van der Waals surface area contributed by atoms with Crippen molar-refractivity contribution in [2.24, 2.45) is 0 Å². The molecule has 1 aliphatic rings. The Morgan fingerprint density at radius 1 is 1.38 bits per heavy atom. The third kappa shape index (κ3) is 3.33. The third-order valence-corrected chi connectivity index (χ3v) is 3.24. The van der Waals surface area contributed by atoms with Gasteiger partial charge in [0.25, 0.3) is 0 Å². The molecule has 0 atom stereocenters. The summed E-state index contributed by atoms with van der Waals surface area (Å²) in [5.41, 5.74) is -0.336. The number of Topliss-reactive ketones (excluding diaryl/α,β-unsaturated/α-hetero) is 1. The Labute approximate surface area is 98.6 Å². The van der Waals surface area contributed by atoms with Crippen LogP contribution in [0.25, 0.3) is 0 Å². The average molecular weight is 222 g/mol. The summed E-state index contributed by atoms with van der Waals surface area (Å²) in [6.07, 6.45) is 1.25. The zero-order chi connectivity index (χ0) is 12.0. The normalized spacial score (nSPS) is 17.7. The van der Waals surface area contributed by atoms with Gasteiger partial charge in [-0.2, -0.15) is 0 Å². The van der Waals surface area contributed by atoms with Gasteiger partial charge in [0.15, 0.2) is 5.78 Å². The largest absolute Gasteiger partial charge is 0.314 e. The second-order valence-electron chi connectivity index (χ2n) is 4.65. The van der Waals surface area contributed by atoms with Crippen molar-refractivity contribution in [1.82, 2.24) is 10.2 Å². The van der Waals surface area contributed by atoms with Gasteiger partial charge in [-0.3, -0.25) is 9.69 Å². The molecule has 0 aliphatic carbocycles. The van der Waals surface area contributed by atoms with Gasteiger partial charge in [-0.25, -0.2) is 0 Å². The van der Waals surface area contributed by atoms with Crippen LogP contribution in [0.15, 0.2) is 0 Å². The Morgan fingerprint density at radius 2 is 2.00 bits per heavy atom. The smallest absolute Gasteiger partial charge is 0.153 e. The van der Waals surface area contributed by atoms with Gasteiger partial charge in [0.2, 0.25) is 0 Å². The van der Waals surface area contributed by atoms with Gasteiger partial charge >= 0.3 is 0 Å². The third-order valence-electron chi connectivity index (χ3n) is 3.24. The maximum absolute atomic E-state index is 12.1. The second kappa shape index (κ2) is 6.03. The summed E-state index contributed by atoms with van der Waals surface area (Å²) >= 11 is 0. The van der Waals surface area contributed by atoms with Crippen molar-refractivity contribution < 1.29 is 4.79 Å². The molecule has 1 N–H and O–H groups in total. The van der Waals surface area contributed by atoms with Crippen LogP contribution in [0.3, 0.4) is 0 Å². The summed E-state index contributed by atoms with van der Waals surface area (Å²) in [7, 11) is 0. The van der Waals surface area contributed by atoms with E-state index in [-0.39, 0.29) is 5.54 Å². The van der Waals surface area contributed by atoms with E-state index in [0.29, 0.717) is 18.6 Å². The minimum Gasteiger partial charge on any atom is -0.314 e. The van der Waals surface area contributed by atoms with Crippen LogP contribution in [0, 0.1) is 11.8 Å². The first-order chi connectivity index (χ1) is 7.59.